The maximum absolute atomic E-state index is 5.84. The maximum Gasteiger partial charge on any atom is 0.225 e. The molecule has 0 unspecified atom stereocenters. The van der Waals surface area contributed by atoms with E-state index < -0.39 is 0 Å². The van der Waals surface area contributed by atoms with Crippen molar-refractivity contribution in [2.75, 3.05) is 30.3 Å². The largest absolute Gasteiger partial charge is 0.384 e. The Kier molecular flexibility index (Phi) is 4.25. The number of aryl methyl sites for hydroxylation is 1. The molecule has 0 aromatic carbocycles. The Bertz CT molecular complexity index is 577. The van der Waals surface area contributed by atoms with Crippen molar-refractivity contribution in [2.45, 2.75) is 18.9 Å². The van der Waals surface area contributed by atoms with Gasteiger partial charge < -0.3 is 15.4 Å². The van der Waals surface area contributed by atoms with Crippen molar-refractivity contribution in [1.29, 1.82) is 0 Å². The minimum Gasteiger partial charge on any atom is -0.384 e. The van der Waals surface area contributed by atoms with E-state index in [4.69, 9.17) is 10.5 Å². The Hall–Kier alpha value is -2.21. The summed E-state index contributed by atoms with van der Waals surface area (Å²) in [6, 6.07) is 5.74. The minimum absolute atomic E-state index is 0.192. The fourth-order valence-electron chi connectivity index (χ4n) is 2.51. The topological polar surface area (TPSA) is 77.2 Å². The van der Waals surface area contributed by atoms with Gasteiger partial charge in [0.2, 0.25) is 5.95 Å². The van der Waals surface area contributed by atoms with Crippen LogP contribution in [0.3, 0.4) is 0 Å². The van der Waals surface area contributed by atoms with E-state index in [1.165, 1.54) is 5.56 Å². The fraction of sp³-hybridized carbons (Fsp3) is 0.400. The van der Waals surface area contributed by atoms with Crippen LogP contribution in [-0.2, 0) is 11.2 Å². The van der Waals surface area contributed by atoms with Gasteiger partial charge in [-0.15, -0.1) is 0 Å². The molecule has 21 heavy (non-hydrogen) atoms. The quantitative estimate of drug-likeness (QED) is 0.912. The number of morpholine rings is 1. The molecule has 3 rings (SSSR count). The lowest BCUT2D eigenvalue weighted by Crippen LogP contribution is -2.43. The van der Waals surface area contributed by atoms with Crippen LogP contribution in [0.25, 0.3) is 0 Å². The van der Waals surface area contributed by atoms with Crippen LogP contribution in [-0.4, -0.2) is 40.8 Å². The minimum atomic E-state index is 0.192. The van der Waals surface area contributed by atoms with Crippen LogP contribution in [0.2, 0.25) is 0 Å². The number of nitrogens with zero attached hydrogens (tertiary/aromatic N) is 4. The van der Waals surface area contributed by atoms with Crippen LogP contribution >= 0.6 is 0 Å². The Labute approximate surface area is 124 Å². The molecule has 0 radical (unpaired) electrons. The van der Waals surface area contributed by atoms with E-state index in [2.05, 4.69) is 19.9 Å². The third kappa shape index (κ3) is 3.66. The summed E-state index contributed by atoms with van der Waals surface area (Å²) in [5.74, 6) is 1.34. The smallest absolute Gasteiger partial charge is 0.225 e. The van der Waals surface area contributed by atoms with Gasteiger partial charge in [0, 0.05) is 31.7 Å². The van der Waals surface area contributed by atoms with Gasteiger partial charge in [0.15, 0.2) is 0 Å². The van der Waals surface area contributed by atoms with Gasteiger partial charge in [-0.3, -0.25) is 0 Å². The first-order valence-corrected chi connectivity index (χ1v) is 7.15. The van der Waals surface area contributed by atoms with Crippen molar-refractivity contribution in [3.05, 3.63) is 42.4 Å². The lowest BCUT2D eigenvalue weighted by Gasteiger charge is -2.32. The van der Waals surface area contributed by atoms with E-state index >= 15 is 0 Å². The number of anilines is 2. The van der Waals surface area contributed by atoms with Gasteiger partial charge in [0.25, 0.3) is 0 Å². The van der Waals surface area contributed by atoms with Crippen molar-refractivity contribution >= 4 is 11.8 Å². The number of rotatable bonds is 4. The summed E-state index contributed by atoms with van der Waals surface area (Å²) in [7, 11) is 0. The molecule has 0 spiro atoms. The molecule has 1 fully saturated rings. The zero-order valence-corrected chi connectivity index (χ0v) is 11.9. The Balaban J connectivity index is 1.57. The van der Waals surface area contributed by atoms with Gasteiger partial charge in [0.05, 0.1) is 12.7 Å². The van der Waals surface area contributed by atoms with E-state index in [1.807, 2.05) is 18.2 Å². The number of hydrogen-bond donors (Lipinski definition) is 1. The molecule has 6 nitrogen and oxygen atoms in total. The third-order valence-corrected chi connectivity index (χ3v) is 3.57. The van der Waals surface area contributed by atoms with Crippen molar-refractivity contribution in [3.63, 3.8) is 0 Å². The normalized spacial score (nSPS) is 18.7. The molecule has 1 aliphatic rings. The van der Waals surface area contributed by atoms with Gasteiger partial charge in [-0.05, 0) is 36.6 Å². The summed E-state index contributed by atoms with van der Waals surface area (Å²) in [4.78, 5) is 14.8. The Morgan fingerprint density at radius 3 is 2.90 bits per heavy atom. The van der Waals surface area contributed by atoms with Crippen LogP contribution < -0.4 is 10.6 Å². The molecule has 1 atom stereocenters. The second-order valence-electron chi connectivity index (χ2n) is 5.12. The van der Waals surface area contributed by atoms with Gasteiger partial charge in [-0.2, -0.15) is 0 Å². The molecule has 0 saturated carbocycles. The van der Waals surface area contributed by atoms with Crippen molar-refractivity contribution in [2.24, 2.45) is 0 Å². The first-order valence-electron chi connectivity index (χ1n) is 7.15. The number of nitrogen functional groups attached to an aromatic ring is 1. The highest BCUT2D eigenvalue weighted by molar-refractivity contribution is 5.32. The van der Waals surface area contributed by atoms with Crippen molar-refractivity contribution in [1.82, 2.24) is 15.0 Å². The van der Waals surface area contributed by atoms with E-state index in [1.54, 1.807) is 18.6 Å². The first-order chi connectivity index (χ1) is 10.3. The van der Waals surface area contributed by atoms with Crippen LogP contribution in [0.5, 0.6) is 0 Å². The molecule has 0 aliphatic carbocycles. The number of ether oxygens (including phenoxy) is 1. The first kappa shape index (κ1) is 13.8. The average molecular weight is 285 g/mol. The molecule has 2 N–H and O–H groups in total. The van der Waals surface area contributed by atoms with E-state index in [0.29, 0.717) is 12.4 Å². The predicted octanol–water partition coefficient (Wildman–Crippen LogP) is 1.29. The highest BCUT2D eigenvalue weighted by Crippen LogP contribution is 2.16. The summed E-state index contributed by atoms with van der Waals surface area (Å²) in [6.07, 6.45) is 7.36. The predicted molar refractivity (Wildman–Crippen MR) is 81.0 cm³/mol. The number of pyridine rings is 1. The fourth-order valence-corrected chi connectivity index (χ4v) is 2.51. The maximum atomic E-state index is 5.84. The molecule has 1 aliphatic heterocycles. The van der Waals surface area contributed by atoms with Crippen molar-refractivity contribution < 1.29 is 4.74 Å². The lowest BCUT2D eigenvalue weighted by molar-refractivity contribution is 0.0349. The number of hydrogen-bond acceptors (Lipinski definition) is 6. The molecule has 1 saturated heterocycles. The lowest BCUT2D eigenvalue weighted by atomic mass is 10.1. The Morgan fingerprint density at radius 1 is 1.24 bits per heavy atom. The van der Waals surface area contributed by atoms with Gasteiger partial charge in [0.1, 0.15) is 5.82 Å². The van der Waals surface area contributed by atoms with Crippen molar-refractivity contribution in [3.8, 4) is 0 Å². The summed E-state index contributed by atoms with van der Waals surface area (Å²) in [6.45, 7) is 2.37. The summed E-state index contributed by atoms with van der Waals surface area (Å²) in [5.41, 5.74) is 6.89. The van der Waals surface area contributed by atoms with Crippen LogP contribution in [0.15, 0.2) is 36.8 Å². The molecule has 0 amide bonds. The molecule has 6 heteroatoms. The highest BCUT2D eigenvalue weighted by atomic mass is 16.5. The molecule has 2 aromatic rings. The Morgan fingerprint density at radius 2 is 2.10 bits per heavy atom. The average Bonchev–Trinajstić information content (AvgIpc) is 2.54. The number of aromatic nitrogens is 3. The van der Waals surface area contributed by atoms with Crippen LogP contribution in [0, 0.1) is 0 Å². The van der Waals surface area contributed by atoms with Crippen LogP contribution in [0.4, 0.5) is 11.8 Å². The molecule has 3 heterocycles. The highest BCUT2D eigenvalue weighted by Gasteiger charge is 2.21. The SMILES string of the molecule is Nc1cc(CC[C@H]2CN(c3ncccn3)CCO2)ccn1. The number of nitrogens with two attached hydrogens (primary N) is 1. The monoisotopic (exact) mass is 285 g/mol. The van der Waals surface area contributed by atoms with E-state index in [0.717, 1.165) is 31.9 Å². The summed E-state index contributed by atoms with van der Waals surface area (Å²) < 4.78 is 5.84. The van der Waals surface area contributed by atoms with E-state index in [9.17, 15) is 0 Å². The zero-order chi connectivity index (χ0) is 14.5. The standard InChI is InChI=1S/C15H19N5O/c16-14-10-12(4-7-17-14)2-3-13-11-20(8-9-21-13)15-18-5-1-6-19-15/h1,4-7,10,13H,2-3,8-9,11H2,(H2,16,17)/t13-/m0/s1. The van der Waals surface area contributed by atoms with Gasteiger partial charge >= 0.3 is 0 Å². The third-order valence-electron chi connectivity index (χ3n) is 3.57. The van der Waals surface area contributed by atoms with Crippen LogP contribution in [0.1, 0.15) is 12.0 Å². The zero-order valence-electron chi connectivity index (χ0n) is 11.9. The van der Waals surface area contributed by atoms with Gasteiger partial charge in [-0.25, -0.2) is 15.0 Å². The molecular weight excluding hydrogens is 266 g/mol. The molecule has 110 valence electrons. The van der Waals surface area contributed by atoms with E-state index in [-0.39, 0.29) is 6.10 Å². The molecule has 0 bridgehead atoms. The summed E-state index contributed by atoms with van der Waals surface area (Å²) >= 11 is 0. The summed E-state index contributed by atoms with van der Waals surface area (Å²) in [5, 5.41) is 0. The second-order valence-corrected chi connectivity index (χ2v) is 5.12. The molecular formula is C15H19N5O. The second kappa shape index (κ2) is 6.49. The molecule has 2 aromatic heterocycles. The van der Waals surface area contributed by atoms with Gasteiger partial charge in [-0.1, -0.05) is 0 Å².